The van der Waals surface area contributed by atoms with Crippen molar-refractivity contribution in [1.82, 2.24) is 19.8 Å². The Morgan fingerprint density at radius 1 is 1.16 bits per heavy atom. The van der Waals surface area contributed by atoms with Crippen LogP contribution in [-0.4, -0.2) is 100 Å². The number of hydrogen-bond acceptors (Lipinski definition) is 11. The minimum absolute atomic E-state index is 0.0275. The van der Waals surface area contributed by atoms with E-state index < -0.39 is 34.0 Å². The predicted octanol–water partition coefficient (Wildman–Crippen LogP) is 2.87. The number of carbonyl (C=O) groups excluding carboxylic acids is 2. The predicted molar refractivity (Wildman–Crippen MR) is 135 cm³/mol. The maximum absolute atomic E-state index is 12.7. The fourth-order valence-electron chi connectivity index (χ4n) is 4.75. The Labute approximate surface area is 217 Å². The van der Waals surface area contributed by atoms with Crippen molar-refractivity contribution < 1.29 is 28.7 Å². The van der Waals surface area contributed by atoms with Crippen molar-refractivity contribution in [2.45, 2.75) is 78.1 Å². The Hall–Kier alpha value is -3.22. The van der Waals surface area contributed by atoms with E-state index in [1.54, 1.807) is 37.5 Å². The highest BCUT2D eigenvalue weighted by molar-refractivity contribution is 5.94. The van der Waals surface area contributed by atoms with E-state index in [1.807, 2.05) is 20.9 Å². The maximum Gasteiger partial charge on any atom is 0.410 e. The number of nitro groups is 1. The molecule has 37 heavy (non-hydrogen) atoms. The Morgan fingerprint density at radius 2 is 1.81 bits per heavy atom. The number of anilines is 1. The molecule has 2 saturated heterocycles. The van der Waals surface area contributed by atoms with Gasteiger partial charge in [-0.3, -0.25) is 10.1 Å². The van der Waals surface area contributed by atoms with Crippen LogP contribution >= 0.6 is 0 Å². The first-order valence-corrected chi connectivity index (χ1v) is 12.6. The SMILES string of the molecule is CCOC(=O)c1nc(OCC2CCCN2C)nc(N2[C@@H](C)CN(C(=O)OC(C)(C)C)C[C@@H]2C)c1[N+](=O)[O-]. The molecule has 0 saturated carbocycles. The lowest BCUT2D eigenvalue weighted by molar-refractivity contribution is -0.385. The van der Waals surface area contributed by atoms with Gasteiger partial charge in [0, 0.05) is 31.2 Å². The number of nitrogens with zero attached hydrogens (tertiary/aromatic N) is 6. The summed E-state index contributed by atoms with van der Waals surface area (Å²) in [5.41, 5.74) is -1.66. The highest BCUT2D eigenvalue weighted by Gasteiger charge is 2.41. The molecule has 0 radical (unpaired) electrons. The Bertz CT molecular complexity index is 1000. The third kappa shape index (κ3) is 6.76. The summed E-state index contributed by atoms with van der Waals surface area (Å²) >= 11 is 0. The van der Waals surface area contributed by atoms with Gasteiger partial charge in [-0.1, -0.05) is 0 Å². The second kappa shape index (κ2) is 11.4. The zero-order chi connectivity index (χ0) is 27.5. The van der Waals surface area contributed by atoms with Gasteiger partial charge in [-0.2, -0.15) is 9.97 Å². The molecule has 1 amide bonds. The lowest BCUT2D eigenvalue weighted by Crippen LogP contribution is -2.59. The number of piperazine rings is 1. The summed E-state index contributed by atoms with van der Waals surface area (Å²) in [5, 5.41) is 12.2. The molecule has 13 nitrogen and oxygen atoms in total. The molecule has 3 rings (SSSR count). The lowest BCUT2D eigenvalue weighted by Gasteiger charge is -2.44. The van der Waals surface area contributed by atoms with Crippen molar-refractivity contribution in [3.05, 3.63) is 15.8 Å². The molecule has 3 heterocycles. The number of aromatic nitrogens is 2. The summed E-state index contributed by atoms with van der Waals surface area (Å²) in [4.78, 5) is 51.0. The van der Waals surface area contributed by atoms with Gasteiger partial charge in [0.25, 0.3) is 0 Å². The fourth-order valence-corrected chi connectivity index (χ4v) is 4.75. The Morgan fingerprint density at radius 3 is 2.32 bits per heavy atom. The zero-order valence-electron chi connectivity index (χ0n) is 22.7. The lowest BCUT2D eigenvalue weighted by atomic mass is 10.1. The first-order valence-electron chi connectivity index (χ1n) is 12.6. The number of esters is 1. The molecule has 2 fully saturated rings. The van der Waals surface area contributed by atoms with Crippen LogP contribution in [0.1, 0.15) is 64.9 Å². The van der Waals surface area contributed by atoms with Crippen LogP contribution in [0.4, 0.5) is 16.3 Å². The van der Waals surface area contributed by atoms with Crippen LogP contribution in [0.3, 0.4) is 0 Å². The van der Waals surface area contributed by atoms with Crippen LogP contribution in [0.25, 0.3) is 0 Å². The molecule has 3 atom stereocenters. The normalized spacial score (nSPS) is 22.6. The van der Waals surface area contributed by atoms with E-state index in [4.69, 9.17) is 14.2 Å². The third-order valence-electron chi connectivity index (χ3n) is 6.39. The number of carbonyl (C=O) groups is 2. The molecule has 2 aliphatic heterocycles. The number of ether oxygens (including phenoxy) is 3. The smallest absolute Gasteiger partial charge is 0.410 e. The van der Waals surface area contributed by atoms with Gasteiger partial charge < -0.3 is 28.9 Å². The van der Waals surface area contributed by atoms with E-state index in [1.165, 1.54) is 0 Å². The molecule has 1 aromatic heterocycles. The maximum atomic E-state index is 12.7. The minimum atomic E-state index is -0.923. The number of hydrogen-bond donors (Lipinski definition) is 0. The van der Waals surface area contributed by atoms with Gasteiger partial charge >= 0.3 is 23.8 Å². The van der Waals surface area contributed by atoms with E-state index in [0.717, 1.165) is 19.4 Å². The first kappa shape index (κ1) is 28.4. The summed E-state index contributed by atoms with van der Waals surface area (Å²) in [5.74, 6) is -0.963. The van der Waals surface area contributed by atoms with Gasteiger partial charge in [-0.25, -0.2) is 9.59 Å². The summed E-state index contributed by atoms with van der Waals surface area (Å²) in [7, 11) is 2.00. The second-order valence-corrected chi connectivity index (χ2v) is 10.6. The number of amides is 1. The molecule has 13 heteroatoms. The molecule has 1 unspecified atom stereocenters. The second-order valence-electron chi connectivity index (χ2n) is 10.6. The molecular weight excluding hydrogens is 484 g/mol. The molecule has 206 valence electrons. The summed E-state index contributed by atoms with van der Waals surface area (Å²) in [6.45, 7) is 12.4. The Kier molecular flexibility index (Phi) is 8.77. The van der Waals surface area contributed by atoms with Crippen LogP contribution in [0.5, 0.6) is 6.01 Å². The van der Waals surface area contributed by atoms with Gasteiger partial charge in [0.1, 0.15) is 12.2 Å². The van der Waals surface area contributed by atoms with Crippen LogP contribution < -0.4 is 9.64 Å². The molecule has 1 aromatic rings. The monoisotopic (exact) mass is 522 g/mol. The van der Waals surface area contributed by atoms with Crippen molar-refractivity contribution in [1.29, 1.82) is 0 Å². The standard InChI is InChI=1S/C24H38N6O7/c1-8-35-21(31)18-19(30(33)34)20(26-22(25-18)36-14-17-10-9-11-27(17)7)29-15(2)12-28(13-16(29)3)23(32)37-24(4,5)6/h15-17H,8-14H2,1-7H3/t15-,16-,17?/m0/s1. The molecule has 0 aromatic carbocycles. The largest absolute Gasteiger partial charge is 0.462 e. The molecule has 2 aliphatic rings. The molecular formula is C24H38N6O7. The number of likely N-dealkylation sites (N-methyl/N-ethyl adjacent to an activating group) is 1. The van der Waals surface area contributed by atoms with E-state index in [9.17, 15) is 19.7 Å². The van der Waals surface area contributed by atoms with E-state index in [0.29, 0.717) is 0 Å². The van der Waals surface area contributed by atoms with E-state index in [-0.39, 0.29) is 56.3 Å². The molecule has 0 bridgehead atoms. The van der Waals surface area contributed by atoms with Gasteiger partial charge in [0.15, 0.2) is 0 Å². The topological polar surface area (TPSA) is 140 Å². The van der Waals surface area contributed by atoms with Crippen molar-refractivity contribution >= 4 is 23.6 Å². The molecule has 0 spiro atoms. The summed E-state index contributed by atoms with van der Waals surface area (Å²) < 4.78 is 16.5. The average Bonchev–Trinajstić information content (AvgIpc) is 3.20. The highest BCUT2D eigenvalue weighted by Crippen LogP contribution is 2.36. The molecule has 0 aliphatic carbocycles. The van der Waals surface area contributed by atoms with Gasteiger partial charge in [0.2, 0.25) is 11.5 Å². The van der Waals surface area contributed by atoms with Gasteiger partial charge in [0.05, 0.1) is 11.5 Å². The Balaban J connectivity index is 1.98. The van der Waals surface area contributed by atoms with Gasteiger partial charge in [-0.05, 0) is 68.0 Å². The molecule has 0 N–H and O–H groups in total. The van der Waals surface area contributed by atoms with Crippen molar-refractivity contribution in [2.24, 2.45) is 0 Å². The number of likely N-dealkylation sites (tertiary alicyclic amines) is 1. The van der Waals surface area contributed by atoms with Crippen LogP contribution in [0.15, 0.2) is 0 Å². The third-order valence-corrected chi connectivity index (χ3v) is 6.39. The van der Waals surface area contributed by atoms with Crippen LogP contribution in [-0.2, 0) is 9.47 Å². The zero-order valence-corrected chi connectivity index (χ0v) is 22.7. The quantitative estimate of drug-likeness (QED) is 0.296. The minimum Gasteiger partial charge on any atom is -0.462 e. The van der Waals surface area contributed by atoms with Crippen molar-refractivity contribution in [2.75, 3.05) is 44.8 Å². The summed E-state index contributed by atoms with van der Waals surface area (Å²) in [6, 6.07) is -0.733. The van der Waals surface area contributed by atoms with Crippen LogP contribution in [0.2, 0.25) is 0 Å². The highest BCUT2D eigenvalue weighted by atomic mass is 16.6. The van der Waals surface area contributed by atoms with E-state index >= 15 is 0 Å². The summed E-state index contributed by atoms with van der Waals surface area (Å²) in [6.07, 6.45) is 1.53. The number of rotatable bonds is 7. The van der Waals surface area contributed by atoms with Crippen molar-refractivity contribution in [3.63, 3.8) is 0 Å². The average molecular weight is 523 g/mol. The van der Waals surface area contributed by atoms with E-state index in [2.05, 4.69) is 14.9 Å². The fraction of sp³-hybridized carbons (Fsp3) is 0.750. The van der Waals surface area contributed by atoms with Crippen LogP contribution in [0, 0.1) is 10.1 Å². The first-order chi connectivity index (χ1) is 17.3. The van der Waals surface area contributed by atoms with Gasteiger partial charge in [-0.15, -0.1) is 0 Å². The van der Waals surface area contributed by atoms with Crippen molar-refractivity contribution in [3.8, 4) is 6.01 Å².